The molecule has 0 radical (unpaired) electrons. The van der Waals surface area contributed by atoms with Gasteiger partial charge in [0.2, 0.25) is 0 Å². The molecular weight excluding hydrogens is 167 g/mol. The largest absolute Gasteiger partial charge is 0.408 e. The summed E-state index contributed by atoms with van der Waals surface area (Å²) < 4.78 is 15.9. The van der Waals surface area contributed by atoms with Crippen LogP contribution in [0.2, 0.25) is 0 Å². The van der Waals surface area contributed by atoms with Crippen LogP contribution in [0.5, 0.6) is 0 Å². The summed E-state index contributed by atoms with van der Waals surface area (Å²) in [5.74, 6) is 0. The Hall–Kier alpha value is 0.270. The third kappa shape index (κ3) is 2.65. The minimum absolute atomic E-state index is 0.00229. The van der Waals surface area contributed by atoms with Gasteiger partial charge in [-0.15, -0.1) is 0 Å². The van der Waals surface area contributed by atoms with E-state index in [4.69, 9.17) is 18.7 Å². The molecule has 1 unspecified atom stereocenters. The van der Waals surface area contributed by atoms with Crippen molar-refractivity contribution in [2.75, 3.05) is 26.5 Å². The fraction of sp³-hybridized carbons (Fsp3) is 1.00. The van der Waals surface area contributed by atoms with E-state index in [2.05, 4.69) is 0 Å². The Morgan fingerprint density at radius 1 is 1.55 bits per heavy atom. The number of rotatable bonds is 3. The summed E-state index contributed by atoms with van der Waals surface area (Å²) in [6, 6.07) is 0. The highest BCUT2D eigenvalue weighted by atomic mass is 31.2. The minimum Gasteiger partial charge on any atom is -0.394 e. The molecule has 66 valence electrons. The van der Waals surface area contributed by atoms with Crippen molar-refractivity contribution in [1.82, 2.24) is 0 Å². The van der Waals surface area contributed by atoms with Gasteiger partial charge in [-0.3, -0.25) is 0 Å². The maximum atomic E-state index is 8.69. The molecule has 1 aliphatic heterocycles. The SMILES string of the molecule is CC(CO)O[P+]1(C)OCCO1. The van der Waals surface area contributed by atoms with Crippen LogP contribution < -0.4 is 0 Å². The topological polar surface area (TPSA) is 47.9 Å². The molecule has 0 aliphatic carbocycles. The monoisotopic (exact) mass is 181 g/mol. The molecule has 0 aromatic rings. The second kappa shape index (κ2) is 3.78. The first kappa shape index (κ1) is 9.36. The van der Waals surface area contributed by atoms with E-state index in [1.54, 1.807) is 6.92 Å². The average Bonchev–Trinajstić information content (AvgIpc) is 2.36. The highest BCUT2D eigenvalue weighted by Gasteiger charge is 2.45. The van der Waals surface area contributed by atoms with Crippen molar-refractivity contribution in [2.45, 2.75) is 13.0 Å². The maximum absolute atomic E-state index is 8.69. The number of aliphatic hydroxyl groups is 1. The van der Waals surface area contributed by atoms with Crippen LogP contribution in [0.1, 0.15) is 6.92 Å². The highest BCUT2D eigenvalue weighted by Crippen LogP contribution is 2.62. The summed E-state index contributed by atoms with van der Waals surface area (Å²) >= 11 is 0. The Kier molecular flexibility index (Phi) is 3.22. The van der Waals surface area contributed by atoms with Crippen molar-refractivity contribution >= 4 is 7.94 Å². The molecular formula is C6H14O4P+. The summed E-state index contributed by atoms with van der Waals surface area (Å²) in [5.41, 5.74) is 0. The van der Waals surface area contributed by atoms with Gasteiger partial charge in [-0.1, -0.05) is 0 Å². The first-order chi connectivity index (χ1) is 5.16. The number of hydrogen-bond donors (Lipinski definition) is 1. The van der Waals surface area contributed by atoms with Gasteiger partial charge in [0.25, 0.3) is 0 Å². The molecule has 0 spiro atoms. The number of hydrogen-bond acceptors (Lipinski definition) is 4. The normalized spacial score (nSPS) is 25.4. The zero-order valence-electron chi connectivity index (χ0n) is 6.82. The van der Waals surface area contributed by atoms with Gasteiger partial charge in [0, 0.05) is 0 Å². The molecule has 1 fully saturated rings. The van der Waals surface area contributed by atoms with E-state index in [1.807, 2.05) is 6.66 Å². The summed E-state index contributed by atoms with van der Waals surface area (Å²) in [6.45, 7) is 4.80. The van der Waals surface area contributed by atoms with Gasteiger partial charge in [0.1, 0.15) is 26.0 Å². The summed E-state index contributed by atoms with van der Waals surface area (Å²) in [5, 5.41) is 8.69. The molecule has 1 aliphatic rings. The minimum atomic E-state index is -2.05. The van der Waals surface area contributed by atoms with Crippen molar-refractivity contribution in [3.05, 3.63) is 0 Å². The predicted octanol–water partition coefficient (Wildman–Crippen LogP) is 0.823. The van der Waals surface area contributed by atoms with E-state index in [-0.39, 0.29) is 12.7 Å². The second-order valence-corrected chi connectivity index (χ2v) is 4.81. The van der Waals surface area contributed by atoms with Crippen LogP contribution >= 0.6 is 7.94 Å². The van der Waals surface area contributed by atoms with Crippen LogP contribution in [-0.2, 0) is 13.6 Å². The fourth-order valence-electron chi connectivity index (χ4n) is 0.865. The van der Waals surface area contributed by atoms with E-state index in [9.17, 15) is 0 Å². The zero-order valence-corrected chi connectivity index (χ0v) is 7.71. The predicted molar refractivity (Wildman–Crippen MR) is 42.4 cm³/mol. The van der Waals surface area contributed by atoms with Gasteiger partial charge >= 0.3 is 7.94 Å². The van der Waals surface area contributed by atoms with E-state index in [0.29, 0.717) is 13.2 Å². The lowest BCUT2D eigenvalue weighted by Gasteiger charge is -2.14. The Balaban J connectivity index is 2.33. The fourth-order valence-corrected chi connectivity index (χ4v) is 2.59. The molecule has 1 atom stereocenters. The molecule has 1 rings (SSSR count). The van der Waals surface area contributed by atoms with Crippen LogP contribution in [0.15, 0.2) is 0 Å². The Bertz CT molecular complexity index is 124. The van der Waals surface area contributed by atoms with Gasteiger partial charge in [-0.2, -0.15) is 13.6 Å². The molecule has 4 nitrogen and oxygen atoms in total. The lowest BCUT2D eigenvalue weighted by atomic mass is 10.5. The maximum Gasteiger partial charge on any atom is 0.408 e. The van der Waals surface area contributed by atoms with Crippen LogP contribution in [0.3, 0.4) is 0 Å². The Morgan fingerprint density at radius 3 is 2.55 bits per heavy atom. The molecule has 0 amide bonds. The molecule has 0 aromatic carbocycles. The van der Waals surface area contributed by atoms with Crippen LogP contribution in [-0.4, -0.2) is 37.7 Å². The molecule has 1 saturated heterocycles. The summed E-state index contributed by atoms with van der Waals surface area (Å²) in [7, 11) is -2.05. The molecule has 5 heteroatoms. The lowest BCUT2D eigenvalue weighted by Crippen LogP contribution is -2.13. The van der Waals surface area contributed by atoms with Crippen molar-refractivity contribution in [2.24, 2.45) is 0 Å². The van der Waals surface area contributed by atoms with Crippen LogP contribution in [0.4, 0.5) is 0 Å². The summed E-state index contributed by atoms with van der Waals surface area (Å²) in [6.07, 6.45) is -0.202. The Morgan fingerprint density at radius 2 is 2.09 bits per heavy atom. The molecule has 1 N–H and O–H groups in total. The number of aliphatic hydroxyl groups excluding tert-OH is 1. The third-order valence-electron chi connectivity index (χ3n) is 1.36. The molecule has 11 heavy (non-hydrogen) atoms. The van der Waals surface area contributed by atoms with Gasteiger partial charge < -0.3 is 5.11 Å². The van der Waals surface area contributed by atoms with Gasteiger partial charge in [-0.25, -0.2) is 0 Å². The van der Waals surface area contributed by atoms with Crippen molar-refractivity contribution in [3.63, 3.8) is 0 Å². The summed E-state index contributed by atoms with van der Waals surface area (Å²) in [4.78, 5) is 0. The second-order valence-electron chi connectivity index (χ2n) is 2.54. The van der Waals surface area contributed by atoms with E-state index in [0.717, 1.165) is 0 Å². The Labute approximate surface area is 67.0 Å². The first-order valence-corrected chi connectivity index (χ1v) is 5.60. The van der Waals surface area contributed by atoms with Crippen molar-refractivity contribution < 1.29 is 18.7 Å². The van der Waals surface area contributed by atoms with E-state index < -0.39 is 7.94 Å². The van der Waals surface area contributed by atoms with E-state index >= 15 is 0 Å². The molecule has 0 saturated carbocycles. The molecule has 0 bridgehead atoms. The van der Waals surface area contributed by atoms with Gasteiger partial charge in [0.15, 0.2) is 0 Å². The molecule has 0 aromatic heterocycles. The highest BCUT2D eigenvalue weighted by molar-refractivity contribution is 7.61. The van der Waals surface area contributed by atoms with Gasteiger partial charge in [-0.05, 0) is 6.92 Å². The van der Waals surface area contributed by atoms with Gasteiger partial charge in [0.05, 0.1) is 6.61 Å². The first-order valence-electron chi connectivity index (χ1n) is 3.61. The average molecular weight is 181 g/mol. The third-order valence-corrected chi connectivity index (χ3v) is 3.41. The van der Waals surface area contributed by atoms with Crippen LogP contribution in [0, 0.1) is 0 Å². The van der Waals surface area contributed by atoms with E-state index in [1.165, 1.54) is 0 Å². The smallest absolute Gasteiger partial charge is 0.394 e. The van der Waals surface area contributed by atoms with Crippen LogP contribution in [0.25, 0.3) is 0 Å². The van der Waals surface area contributed by atoms with Crippen molar-refractivity contribution in [1.29, 1.82) is 0 Å². The molecule has 1 heterocycles. The van der Waals surface area contributed by atoms with Crippen molar-refractivity contribution in [3.8, 4) is 0 Å². The quantitative estimate of drug-likeness (QED) is 0.655. The standard InChI is InChI=1S/C6H14O4P/c1-6(5-7)10-11(2)8-3-4-9-11/h6-7H,3-5H2,1-2H3/q+1. The lowest BCUT2D eigenvalue weighted by molar-refractivity contribution is 0.104. The zero-order chi connectivity index (χ0) is 8.32.